The quantitative estimate of drug-likeness (QED) is 0.474. The van der Waals surface area contributed by atoms with Crippen LogP contribution in [0.25, 0.3) is 0 Å². The summed E-state index contributed by atoms with van der Waals surface area (Å²) in [4.78, 5) is 29.1. The van der Waals surface area contributed by atoms with Crippen LogP contribution in [0.1, 0.15) is 38.1 Å². The number of urea groups is 1. The van der Waals surface area contributed by atoms with E-state index >= 15 is 0 Å². The summed E-state index contributed by atoms with van der Waals surface area (Å²) >= 11 is 1.07. The third-order valence-electron chi connectivity index (χ3n) is 5.91. The molecule has 2 aromatic rings. The maximum Gasteiger partial charge on any atom is 0.317 e. The smallest absolute Gasteiger partial charge is 0.317 e. The molecular formula is C24H34N4O6S2. The Labute approximate surface area is 216 Å². The van der Waals surface area contributed by atoms with Crippen molar-refractivity contribution in [2.45, 2.75) is 50.1 Å². The molecule has 0 saturated carbocycles. The SMILES string of the molecule is CC(C)NC(=O)N(C)C[C@H]1Oc2c(NS(=O)(=O)c3cccs3)cccc2C(=O)N([C@@H](C)CO)C[C@H]1C. The highest BCUT2D eigenvalue weighted by atomic mass is 32.2. The van der Waals surface area contributed by atoms with Gasteiger partial charge in [0, 0.05) is 25.6 Å². The highest BCUT2D eigenvalue weighted by Gasteiger charge is 2.35. The number of aliphatic hydroxyl groups is 1. The molecule has 0 radical (unpaired) electrons. The minimum atomic E-state index is -3.91. The molecule has 0 saturated heterocycles. The first kappa shape index (κ1) is 27.8. The number of likely N-dealkylation sites (N-methyl/N-ethyl adjacent to an activating group) is 1. The number of rotatable bonds is 8. The molecule has 12 heteroatoms. The number of nitrogens with one attached hydrogen (secondary N) is 2. The predicted molar refractivity (Wildman–Crippen MR) is 139 cm³/mol. The lowest BCUT2D eigenvalue weighted by atomic mass is 9.99. The fourth-order valence-electron chi connectivity index (χ4n) is 3.86. The summed E-state index contributed by atoms with van der Waals surface area (Å²) in [5, 5.41) is 14.3. The molecule has 1 aromatic carbocycles. The second-order valence-electron chi connectivity index (χ2n) is 9.33. The maximum atomic E-state index is 13.5. The van der Waals surface area contributed by atoms with Crippen LogP contribution in [0.2, 0.25) is 0 Å². The Hall–Kier alpha value is -2.83. The summed E-state index contributed by atoms with van der Waals surface area (Å²) in [6.07, 6.45) is -0.569. The Kier molecular flexibility index (Phi) is 8.85. The van der Waals surface area contributed by atoms with Crippen LogP contribution in [0.3, 0.4) is 0 Å². The van der Waals surface area contributed by atoms with Gasteiger partial charge in [-0.2, -0.15) is 0 Å². The topological polar surface area (TPSA) is 128 Å². The van der Waals surface area contributed by atoms with Gasteiger partial charge in [-0.15, -0.1) is 11.3 Å². The van der Waals surface area contributed by atoms with Crippen LogP contribution >= 0.6 is 11.3 Å². The average molecular weight is 539 g/mol. The van der Waals surface area contributed by atoms with Gasteiger partial charge in [0.25, 0.3) is 15.9 Å². The Balaban J connectivity index is 2.04. The normalized spacial score (nSPS) is 19.1. The molecule has 3 amide bonds. The van der Waals surface area contributed by atoms with E-state index in [0.717, 1.165) is 11.3 Å². The predicted octanol–water partition coefficient (Wildman–Crippen LogP) is 2.82. The van der Waals surface area contributed by atoms with Gasteiger partial charge in [-0.25, -0.2) is 13.2 Å². The van der Waals surface area contributed by atoms with Crippen molar-refractivity contribution < 1.29 is 27.9 Å². The third kappa shape index (κ3) is 6.29. The molecule has 10 nitrogen and oxygen atoms in total. The summed E-state index contributed by atoms with van der Waals surface area (Å²) in [6, 6.07) is 7.02. The van der Waals surface area contributed by atoms with Crippen molar-refractivity contribution in [3.63, 3.8) is 0 Å². The monoisotopic (exact) mass is 538 g/mol. The van der Waals surface area contributed by atoms with Crippen molar-refractivity contribution in [1.82, 2.24) is 15.1 Å². The number of para-hydroxylation sites is 1. The molecule has 1 aliphatic rings. The molecule has 1 aromatic heterocycles. The van der Waals surface area contributed by atoms with Gasteiger partial charge in [-0.3, -0.25) is 9.52 Å². The van der Waals surface area contributed by atoms with Gasteiger partial charge in [-0.1, -0.05) is 19.1 Å². The molecule has 0 aliphatic carbocycles. The molecule has 2 heterocycles. The minimum Gasteiger partial charge on any atom is -0.485 e. The van der Waals surface area contributed by atoms with Crippen molar-refractivity contribution in [1.29, 1.82) is 0 Å². The molecule has 0 bridgehead atoms. The Morgan fingerprint density at radius 2 is 2.00 bits per heavy atom. The van der Waals surface area contributed by atoms with Crippen LogP contribution in [0.15, 0.2) is 39.9 Å². The van der Waals surface area contributed by atoms with E-state index in [0.29, 0.717) is 0 Å². The van der Waals surface area contributed by atoms with Crippen LogP contribution in [-0.4, -0.2) is 80.2 Å². The summed E-state index contributed by atoms with van der Waals surface area (Å²) < 4.78 is 35.0. The molecule has 0 fully saturated rings. The van der Waals surface area contributed by atoms with Crippen molar-refractivity contribution in [3.8, 4) is 5.75 Å². The zero-order valence-electron chi connectivity index (χ0n) is 21.1. The van der Waals surface area contributed by atoms with E-state index in [1.54, 1.807) is 42.5 Å². The number of ether oxygens (including phenoxy) is 1. The summed E-state index contributed by atoms with van der Waals surface area (Å²) in [7, 11) is -2.26. The Bertz CT molecular complexity index is 1170. The second kappa shape index (κ2) is 11.5. The van der Waals surface area contributed by atoms with E-state index in [9.17, 15) is 23.1 Å². The lowest BCUT2D eigenvalue weighted by Gasteiger charge is -2.38. The molecule has 3 atom stereocenters. The van der Waals surface area contributed by atoms with Gasteiger partial charge in [-0.05, 0) is 44.4 Å². The molecule has 198 valence electrons. The summed E-state index contributed by atoms with van der Waals surface area (Å²) in [5.74, 6) is -0.528. The maximum absolute atomic E-state index is 13.5. The number of aliphatic hydroxyl groups excluding tert-OH is 1. The van der Waals surface area contributed by atoms with Crippen LogP contribution in [0.5, 0.6) is 5.75 Å². The van der Waals surface area contributed by atoms with E-state index in [4.69, 9.17) is 4.74 Å². The highest BCUT2D eigenvalue weighted by Crippen LogP contribution is 2.36. The van der Waals surface area contributed by atoms with Crippen LogP contribution < -0.4 is 14.8 Å². The standard InChI is InChI=1S/C24H34N4O6S2/c1-15(2)25-24(31)27(5)13-20-16(3)12-28(17(4)14-29)23(30)18-8-6-9-19(22(18)34-20)26-36(32,33)21-10-7-11-35-21/h6-11,15-17,20,26,29H,12-14H2,1-5H3,(H,25,31)/t16-,17+,20-/m1/s1. The largest absolute Gasteiger partial charge is 0.485 e. The first-order valence-electron chi connectivity index (χ1n) is 11.7. The van der Waals surface area contributed by atoms with Crippen molar-refractivity contribution >= 4 is 39.0 Å². The zero-order chi connectivity index (χ0) is 26.6. The third-order valence-corrected chi connectivity index (χ3v) is 8.67. The Morgan fingerprint density at radius 3 is 2.61 bits per heavy atom. The molecular weight excluding hydrogens is 504 g/mol. The van der Waals surface area contributed by atoms with E-state index in [1.165, 1.54) is 17.0 Å². The molecule has 3 N–H and O–H groups in total. The number of nitrogens with zero attached hydrogens (tertiary/aromatic N) is 2. The van der Waals surface area contributed by atoms with Crippen LogP contribution in [0.4, 0.5) is 10.5 Å². The van der Waals surface area contributed by atoms with Crippen molar-refractivity contribution in [2.75, 3.05) is 31.5 Å². The first-order valence-corrected chi connectivity index (χ1v) is 14.1. The number of benzene rings is 1. The average Bonchev–Trinajstić information content (AvgIpc) is 3.36. The van der Waals surface area contributed by atoms with Gasteiger partial charge >= 0.3 is 6.03 Å². The minimum absolute atomic E-state index is 0.0480. The van der Waals surface area contributed by atoms with Gasteiger partial charge in [0.1, 0.15) is 10.3 Å². The first-order chi connectivity index (χ1) is 16.9. The molecule has 1 aliphatic heterocycles. The molecule has 3 rings (SSSR count). The Morgan fingerprint density at radius 1 is 1.28 bits per heavy atom. The van der Waals surface area contributed by atoms with Crippen LogP contribution in [-0.2, 0) is 10.0 Å². The van der Waals surface area contributed by atoms with Gasteiger partial charge in [0.2, 0.25) is 0 Å². The fraction of sp³-hybridized carbons (Fsp3) is 0.500. The number of amides is 3. The fourth-order valence-corrected chi connectivity index (χ4v) is 5.92. The van der Waals surface area contributed by atoms with E-state index in [2.05, 4.69) is 10.0 Å². The van der Waals surface area contributed by atoms with E-state index in [1.807, 2.05) is 20.8 Å². The number of thiophene rings is 1. The lowest BCUT2D eigenvalue weighted by Crippen LogP contribution is -2.51. The lowest BCUT2D eigenvalue weighted by molar-refractivity contribution is 0.0369. The van der Waals surface area contributed by atoms with Gasteiger partial charge in [0.15, 0.2) is 5.75 Å². The number of hydrogen-bond acceptors (Lipinski definition) is 7. The number of carbonyl (C=O) groups excluding carboxylic acids is 2. The summed E-state index contributed by atoms with van der Waals surface area (Å²) in [6.45, 7) is 7.61. The zero-order valence-corrected chi connectivity index (χ0v) is 22.7. The molecule has 0 unspecified atom stereocenters. The number of sulfonamides is 1. The van der Waals surface area contributed by atoms with Crippen LogP contribution in [0, 0.1) is 5.92 Å². The summed E-state index contributed by atoms with van der Waals surface area (Å²) in [5.41, 5.74) is 0.298. The molecule has 0 spiro atoms. The van der Waals surface area contributed by atoms with Crippen molar-refractivity contribution in [2.24, 2.45) is 5.92 Å². The van der Waals surface area contributed by atoms with E-state index < -0.39 is 22.2 Å². The second-order valence-corrected chi connectivity index (χ2v) is 12.2. The number of hydrogen-bond donors (Lipinski definition) is 3. The molecule has 36 heavy (non-hydrogen) atoms. The van der Waals surface area contributed by atoms with Gasteiger partial charge < -0.3 is 25.0 Å². The number of carbonyl (C=O) groups is 2. The van der Waals surface area contributed by atoms with Gasteiger partial charge in [0.05, 0.1) is 30.4 Å². The number of anilines is 1. The number of fused-ring (bicyclic) bond motifs is 1. The van der Waals surface area contributed by atoms with E-state index in [-0.39, 0.29) is 64.8 Å². The van der Waals surface area contributed by atoms with Crippen molar-refractivity contribution in [3.05, 3.63) is 41.3 Å². The highest BCUT2D eigenvalue weighted by molar-refractivity contribution is 7.94.